The number of hydrogen-bond acceptors (Lipinski definition) is 2. The van der Waals surface area contributed by atoms with Gasteiger partial charge < -0.3 is 5.32 Å². The Morgan fingerprint density at radius 3 is 2.08 bits per heavy atom. The zero-order chi connectivity index (χ0) is 19.7. The van der Waals surface area contributed by atoms with E-state index >= 15 is 0 Å². The molecule has 1 aromatic rings. The highest BCUT2D eigenvalue weighted by atomic mass is 19.4. The highest BCUT2D eigenvalue weighted by Crippen LogP contribution is 2.44. The molecule has 1 saturated heterocycles. The average Bonchev–Trinajstić information content (AvgIpc) is 2.55. The summed E-state index contributed by atoms with van der Waals surface area (Å²) < 4.78 is 93.9. The summed E-state index contributed by atoms with van der Waals surface area (Å²) in [5.41, 5.74) is -3.87. The zero-order valence-electron chi connectivity index (χ0n) is 14.4. The van der Waals surface area contributed by atoms with E-state index in [1.165, 1.54) is 0 Å². The number of benzene rings is 1. The minimum Gasteiger partial charge on any atom is -0.314 e. The quantitative estimate of drug-likeness (QED) is 0.744. The normalized spacial score (nSPS) is 19.4. The van der Waals surface area contributed by atoms with E-state index in [0.717, 1.165) is 0 Å². The van der Waals surface area contributed by atoms with E-state index in [1.807, 2.05) is 0 Å². The van der Waals surface area contributed by atoms with Crippen molar-refractivity contribution in [3.8, 4) is 0 Å². The van der Waals surface area contributed by atoms with Gasteiger partial charge in [-0.25, -0.2) is 4.39 Å². The van der Waals surface area contributed by atoms with Crippen LogP contribution in [0.4, 0.5) is 30.7 Å². The molecule has 1 aliphatic heterocycles. The van der Waals surface area contributed by atoms with Crippen LogP contribution in [-0.2, 0) is 12.4 Å². The molecular weight excluding hydrogens is 365 g/mol. The minimum absolute atomic E-state index is 0.0238. The van der Waals surface area contributed by atoms with Crippen LogP contribution in [0.25, 0.3) is 0 Å². The number of piperazine rings is 1. The summed E-state index contributed by atoms with van der Waals surface area (Å²) >= 11 is 0. The van der Waals surface area contributed by atoms with Gasteiger partial charge in [0.15, 0.2) is 0 Å². The molecule has 9 heteroatoms. The van der Waals surface area contributed by atoms with Gasteiger partial charge in [0.25, 0.3) is 0 Å². The maximum absolute atomic E-state index is 14.6. The van der Waals surface area contributed by atoms with E-state index in [0.29, 0.717) is 32.6 Å². The van der Waals surface area contributed by atoms with Crippen LogP contribution in [0.15, 0.2) is 12.1 Å². The highest BCUT2D eigenvalue weighted by molar-refractivity contribution is 5.39. The van der Waals surface area contributed by atoms with Crippen LogP contribution in [0.5, 0.6) is 0 Å². The first kappa shape index (κ1) is 21.0. The van der Waals surface area contributed by atoms with E-state index in [2.05, 4.69) is 5.32 Å². The molecule has 2 rings (SSSR count). The molecular formula is C17H21F7N2. The van der Waals surface area contributed by atoms with Gasteiger partial charge in [-0.2, -0.15) is 26.3 Å². The van der Waals surface area contributed by atoms with Crippen molar-refractivity contribution in [3.63, 3.8) is 0 Å². The molecule has 0 saturated carbocycles. The van der Waals surface area contributed by atoms with Gasteiger partial charge in [0.2, 0.25) is 0 Å². The van der Waals surface area contributed by atoms with Crippen molar-refractivity contribution < 1.29 is 30.7 Å². The van der Waals surface area contributed by atoms with Crippen molar-refractivity contribution in [3.05, 3.63) is 34.6 Å². The van der Waals surface area contributed by atoms with Crippen molar-refractivity contribution in [2.75, 3.05) is 26.2 Å². The Kier molecular flexibility index (Phi) is 6.22. The van der Waals surface area contributed by atoms with E-state index in [9.17, 15) is 30.7 Å². The molecule has 26 heavy (non-hydrogen) atoms. The molecule has 0 radical (unpaired) electrons. The van der Waals surface area contributed by atoms with Crippen molar-refractivity contribution in [1.29, 1.82) is 0 Å². The second-order valence-corrected chi connectivity index (χ2v) is 6.53. The van der Waals surface area contributed by atoms with Crippen LogP contribution in [0, 0.1) is 11.7 Å². The minimum atomic E-state index is -5.09. The Balaban J connectivity index is 2.66. The summed E-state index contributed by atoms with van der Waals surface area (Å²) in [4.78, 5) is 1.71. The zero-order valence-corrected chi connectivity index (χ0v) is 14.4. The van der Waals surface area contributed by atoms with Crippen LogP contribution < -0.4 is 5.32 Å². The topological polar surface area (TPSA) is 15.3 Å². The molecule has 1 unspecified atom stereocenters. The van der Waals surface area contributed by atoms with Gasteiger partial charge >= 0.3 is 12.4 Å². The summed E-state index contributed by atoms with van der Waals surface area (Å²) in [6.07, 6.45) is -9.68. The Labute approximate surface area is 147 Å². The number of halogens is 7. The highest BCUT2D eigenvalue weighted by Gasteiger charge is 2.43. The lowest BCUT2D eigenvalue weighted by molar-refractivity contribution is -0.144. The molecule has 0 amide bonds. The van der Waals surface area contributed by atoms with Crippen molar-refractivity contribution in [2.45, 2.75) is 38.7 Å². The van der Waals surface area contributed by atoms with Gasteiger partial charge in [-0.15, -0.1) is 0 Å². The molecule has 1 fully saturated rings. The number of alkyl halides is 6. The van der Waals surface area contributed by atoms with Crippen molar-refractivity contribution in [1.82, 2.24) is 10.2 Å². The second-order valence-electron chi connectivity index (χ2n) is 6.53. The van der Waals surface area contributed by atoms with Crippen LogP contribution in [0.1, 0.15) is 43.0 Å². The lowest BCUT2D eigenvalue weighted by atomic mass is 9.86. The second kappa shape index (κ2) is 7.72. The van der Waals surface area contributed by atoms with Gasteiger partial charge in [0.05, 0.1) is 11.1 Å². The number of nitrogens with zero attached hydrogens (tertiary/aromatic N) is 1. The van der Waals surface area contributed by atoms with E-state index in [-0.39, 0.29) is 18.1 Å². The lowest BCUT2D eigenvalue weighted by Gasteiger charge is -2.39. The van der Waals surface area contributed by atoms with Crippen LogP contribution in [0.2, 0.25) is 0 Å². The molecule has 2 nitrogen and oxygen atoms in total. The largest absolute Gasteiger partial charge is 0.416 e. The average molecular weight is 386 g/mol. The van der Waals surface area contributed by atoms with E-state index < -0.39 is 40.9 Å². The first-order chi connectivity index (χ1) is 12.0. The fourth-order valence-corrected chi connectivity index (χ4v) is 3.33. The lowest BCUT2D eigenvalue weighted by Crippen LogP contribution is -2.47. The molecule has 1 aliphatic rings. The molecule has 2 atom stereocenters. The van der Waals surface area contributed by atoms with Gasteiger partial charge in [-0.05, 0) is 18.1 Å². The van der Waals surface area contributed by atoms with Gasteiger partial charge in [0, 0.05) is 37.8 Å². The molecule has 0 aliphatic carbocycles. The third kappa shape index (κ3) is 4.49. The monoisotopic (exact) mass is 386 g/mol. The predicted octanol–water partition coefficient (Wildman–Crippen LogP) is 4.86. The summed E-state index contributed by atoms with van der Waals surface area (Å²) in [6, 6.07) is -0.751. The summed E-state index contributed by atoms with van der Waals surface area (Å²) in [5.74, 6) is -1.82. The molecule has 0 bridgehead atoms. The van der Waals surface area contributed by atoms with Crippen LogP contribution in [0.3, 0.4) is 0 Å². The third-order valence-corrected chi connectivity index (χ3v) is 4.79. The van der Waals surface area contributed by atoms with E-state index in [1.54, 1.807) is 18.7 Å². The Bertz CT molecular complexity index is 619. The predicted molar refractivity (Wildman–Crippen MR) is 83.0 cm³/mol. The van der Waals surface area contributed by atoms with Crippen LogP contribution in [-0.4, -0.2) is 31.1 Å². The summed E-state index contributed by atoms with van der Waals surface area (Å²) in [6.45, 7) is 5.28. The fourth-order valence-electron chi connectivity index (χ4n) is 3.33. The molecule has 0 spiro atoms. The first-order valence-corrected chi connectivity index (χ1v) is 8.39. The summed E-state index contributed by atoms with van der Waals surface area (Å²) in [7, 11) is 0. The number of rotatable bonds is 4. The molecule has 1 heterocycles. The van der Waals surface area contributed by atoms with E-state index in [4.69, 9.17) is 0 Å². The summed E-state index contributed by atoms with van der Waals surface area (Å²) in [5, 5.41) is 3.06. The van der Waals surface area contributed by atoms with Gasteiger partial charge in [-0.3, -0.25) is 4.90 Å². The number of hydrogen-bond donors (Lipinski definition) is 1. The van der Waals surface area contributed by atoms with Gasteiger partial charge in [-0.1, -0.05) is 20.3 Å². The van der Waals surface area contributed by atoms with Crippen molar-refractivity contribution in [2.24, 2.45) is 5.92 Å². The molecule has 1 N–H and O–H groups in total. The smallest absolute Gasteiger partial charge is 0.314 e. The third-order valence-electron chi connectivity index (χ3n) is 4.79. The van der Waals surface area contributed by atoms with Crippen molar-refractivity contribution >= 4 is 0 Å². The molecule has 148 valence electrons. The Morgan fingerprint density at radius 1 is 1.04 bits per heavy atom. The Hall–Kier alpha value is -1.35. The number of nitrogens with one attached hydrogen (secondary N) is 1. The SMILES string of the molecule is CCC(C)[C@@H](c1c(F)cc(C(F)(F)F)cc1C(F)(F)F)N1CCNCC1. The first-order valence-electron chi connectivity index (χ1n) is 8.39. The van der Waals surface area contributed by atoms with Crippen LogP contribution >= 0.6 is 0 Å². The molecule has 0 aromatic heterocycles. The maximum atomic E-state index is 14.6. The standard InChI is InChI=1S/C17H21F7N2/c1-3-10(2)15(26-6-4-25-5-7-26)14-12(17(22,23)24)8-11(9-13(14)18)16(19,20)21/h8-10,15,25H,3-7H2,1-2H3/t10?,15-/m0/s1. The maximum Gasteiger partial charge on any atom is 0.416 e. The van der Waals surface area contributed by atoms with Gasteiger partial charge in [0.1, 0.15) is 5.82 Å². The molecule has 1 aromatic carbocycles. The fraction of sp³-hybridized carbons (Fsp3) is 0.647. The Morgan fingerprint density at radius 2 is 1.62 bits per heavy atom.